The van der Waals surface area contributed by atoms with Gasteiger partial charge in [0.05, 0.1) is 0 Å². The molecule has 1 fully saturated rings. The minimum absolute atomic E-state index is 0.240. The van der Waals surface area contributed by atoms with Gasteiger partial charge in [-0.1, -0.05) is 12.1 Å². The maximum absolute atomic E-state index is 12.8. The number of amides is 1. The second-order valence-electron chi connectivity index (χ2n) is 4.94. The number of carbonyl (C=O) groups is 1. The summed E-state index contributed by atoms with van der Waals surface area (Å²) in [7, 11) is 2.10. The van der Waals surface area contributed by atoms with Crippen LogP contribution in [0.5, 0.6) is 0 Å². The molecule has 18 heavy (non-hydrogen) atoms. The van der Waals surface area contributed by atoms with Crippen LogP contribution in [-0.2, 0) is 11.3 Å². The highest BCUT2D eigenvalue weighted by molar-refractivity contribution is 5.48. The molecule has 0 bridgehead atoms. The van der Waals surface area contributed by atoms with Crippen molar-refractivity contribution < 1.29 is 9.18 Å². The number of halogens is 1. The molecule has 0 atom stereocenters. The third-order valence-corrected chi connectivity index (χ3v) is 3.57. The summed E-state index contributed by atoms with van der Waals surface area (Å²) in [6.07, 6.45) is 2.94. The van der Waals surface area contributed by atoms with Crippen molar-refractivity contribution in [2.24, 2.45) is 0 Å². The number of hydrogen-bond acceptors (Lipinski definition) is 2. The Morgan fingerprint density at radius 1 is 1.33 bits per heavy atom. The predicted molar refractivity (Wildman–Crippen MR) is 68.5 cm³/mol. The van der Waals surface area contributed by atoms with Crippen molar-refractivity contribution >= 4 is 6.41 Å². The van der Waals surface area contributed by atoms with Gasteiger partial charge in [-0.25, -0.2) is 4.39 Å². The molecule has 0 radical (unpaired) electrons. The monoisotopic (exact) mass is 250 g/mol. The molecule has 1 aromatic rings. The number of likely N-dealkylation sites (tertiary alicyclic amines) is 1. The van der Waals surface area contributed by atoms with Crippen LogP contribution >= 0.6 is 0 Å². The van der Waals surface area contributed by atoms with E-state index in [1.807, 2.05) is 4.90 Å². The Kier molecular flexibility index (Phi) is 4.31. The molecular weight excluding hydrogens is 231 g/mol. The van der Waals surface area contributed by atoms with Crippen molar-refractivity contribution in [3.05, 3.63) is 35.6 Å². The maximum Gasteiger partial charge on any atom is 0.210 e. The lowest BCUT2D eigenvalue weighted by Gasteiger charge is -2.35. The summed E-state index contributed by atoms with van der Waals surface area (Å²) in [5, 5.41) is 0. The zero-order chi connectivity index (χ0) is 13.0. The smallest absolute Gasteiger partial charge is 0.210 e. The van der Waals surface area contributed by atoms with Gasteiger partial charge in [0.1, 0.15) is 5.82 Å². The standard InChI is InChI=1S/C14H19FN2O/c1-16-8-6-14(7-9-16)17(11-18)10-12-2-4-13(15)5-3-12/h2-5,11,14H,6-10H2,1H3. The molecule has 1 amide bonds. The average Bonchev–Trinajstić information content (AvgIpc) is 2.39. The molecular formula is C14H19FN2O. The van der Waals surface area contributed by atoms with Crippen LogP contribution in [0, 0.1) is 5.82 Å². The average molecular weight is 250 g/mol. The molecule has 0 aromatic heterocycles. The van der Waals surface area contributed by atoms with Crippen LogP contribution in [0.25, 0.3) is 0 Å². The van der Waals surface area contributed by atoms with Gasteiger partial charge in [-0.2, -0.15) is 0 Å². The molecule has 0 aliphatic carbocycles. The van der Waals surface area contributed by atoms with Crippen LogP contribution in [0.1, 0.15) is 18.4 Å². The van der Waals surface area contributed by atoms with Gasteiger partial charge in [0, 0.05) is 12.6 Å². The number of carbonyl (C=O) groups excluding carboxylic acids is 1. The van der Waals surface area contributed by atoms with E-state index in [1.165, 1.54) is 12.1 Å². The lowest BCUT2D eigenvalue weighted by atomic mass is 10.0. The Bertz CT molecular complexity index is 385. The fourth-order valence-electron chi connectivity index (χ4n) is 2.38. The van der Waals surface area contributed by atoms with E-state index in [0.29, 0.717) is 12.6 Å². The van der Waals surface area contributed by atoms with E-state index >= 15 is 0 Å². The molecule has 4 heteroatoms. The first-order valence-electron chi connectivity index (χ1n) is 6.33. The number of benzene rings is 1. The van der Waals surface area contributed by atoms with Crippen molar-refractivity contribution in [2.75, 3.05) is 20.1 Å². The summed E-state index contributed by atoms with van der Waals surface area (Å²) in [6, 6.07) is 6.66. The lowest BCUT2D eigenvalue weighted by Crippen LogP contribution is -2.42. The third-order valence-electron chi connectivity index (χ3n) is 3.57. The van der Waals surface area contributed by atoms with Crippen LogP contribution in [0.3, 0.4) is 0 Å². The number of nitrogens with zero attached hydrogens (tertiary/aromatic N) is 2. The van der Waals surface area contributed by atoms with Gasteiger partial charge in [0.25, 0.3) is 0 Å². The summed E-state index contributed by atoms with van der Waals surface area (Å²) in [5.41, 5.74) is 0.974. The first kappa shape index (κ1) is 13.0. The Labute approximate surface area is 107 Å². The second-order valence-corrected chi connectivity index (χ2v) is 4.94. The molecule has 0 N–H and O–H groups in total. The summed E-state index contributed by atoms with van der Waals surface area (Å²) >= 11 is 0. The molecule has 98 valence electrons. The predicted octanol–water partition coefficient (Wildman–Crippen LogP) is 1.88. The summed E-state index contributed by atoms with van der Waals surface area (Å²) in [5.74, 6) is -0.240. The zero-order valence-electron chi connectivity index (χ0n) is 10.7. The second kappa shape index (κ2) is 5.96. The van der Waals surface area contributed by atoms with Gasteiger partial charge in [-0.15, -0.1) is 0 Å². The maximum atomic E-state index is 12.8. The number of piperidine rings is 1. The van der Waals surface area contributed by atoms with E-state index in [1.54, 1.807) is 12.1 Å². The van der Waals surface area contributed by atoms with Crippen LogP contribution < -0.4 is 0 Å². The van der Waals surface area contributed by atoms with Gasteiger partial charge >= 0.3 is 0 Å². The normalized spacial score (nSPS) is 17.7. The Balaban J connectivity index is 1.96. The van der Waals surface area contributed by atoms with Crippen LogP contribution in [0.2, 0.25) is 0 Å². The minimum Gasteiger partial charge on any atom is -0.338 e. The van der Waals surface area contributed by atoms with Crippen molar-refractivity contribution in [3.8, 4) is 0 Å². The van der Waals surface area contributed by atoms with Crippen molar-refractivity contribution in [2.45, 2.75) is 25.4 Å². The van der Waals surface area contributed by atoms with E-state index < -0.39 is 0 Å². The largest absolute Gasteiger partial charge is 0.338 e. The van der Waals surface area contributed by atoms with E-state index in [2.05, 4.69) is 11.9 Å². The third kappa shape index (κ3) is 3.29. The Hall–Kier alpha value is -1.42. The highest BCUT2D eigenvalue weighted by atomic mass is 19.1. The fourth-order valence-corrected chi connectivity index (χ4v) is 2.38. The SMILES string of the molecule is CN1CCC(N(C=O)Cc2ccc(F)cc2)CC1. The van der Waals surface area contributed by atoms with E-state index in [4.69, 9.17) is 0 Å². The van der Waals surface area contributed by atoms with Gasteiger partial charge in [0.2, 0.25) is 6.41 Å². The number of hydrogen-bond donors (Lipinski definition) is 0. The molecule has 2 rings (SSSR count). The molecule has 3 nitrogen and oxygen atoms in total. The zero-order valence-corrected chi connectivity index (χ0v) is 10.7. The highest BCUT2D eigenvalue weighted by Gasteiger charge is 2.21. The molecule has 0 saturated carbocycles. The van der Waals surface area contributed by atoms with Gasteiger partial charge in [-0.3, -0.25) is 4.79 Å². The van der Waals surface area contributed by atoms with Crippen molar-refractivity contribution in [1.82, 2.24) is 9.80 Å². The topological polar surface area (TPSA) is 23.6 Å². The summed E-state index contributed by atoms with van der Waals surface area (Å²) in [6.45, 7) is 2.62. The summed E-state index contributed by atoms with van der Waals surface area (Å²) in [4.78, 5) is 15.3. The number of rotatable bonds is 4. The molecule has 1 saturated heterocycles. The van der Waals surface area contributed by atoms with Crippen molar-refractivity contribution in [3.63, 3.8) is 0 Å². The summed E-state index contributed by atoms with van der Waals surface area (Å²) < 4.78 is 12.8. The van der Waals surface area contributed by atoms with Crippen LogP contribution in [-0.4, -0.2) is 42.4 Å². The molecule has 0 spiro atoms. The Morgan fingerprint density at radius 3 is 2.50 bits per heavy atom. The molecule has 1 aromatic carbocycles. The van der Waals surface area contributed by atoms with E-state index in [0.717, 1.165) is 37.9 Å². The Morgan fingerprint density at radius 2 is 1.94 bits per heavy atom. The first-order chi connectivity index (χ1) is 8.69. The van der Waals surface area contributed by atoms with Crippen LogP contribution in [0.15, 0.2) is 24.3 Å². The van der Waals surface area contributed by atoms with Gasteiger partial charge in [-0.05, 0) is 50.7 Å². The van der Waals surface area contributed by atoms with Gasteiger partial charge in [0.15, 0.2) is 0 Å². The van der Waals surface area contributed by atoms with E-state index in [9.17, 15) is 9.18 Å². The lowest BCUT2D eigenvalue weighted by molar-refractivity contribution is -0.121. The van der Waals surface area contributed by atoms with Crippen LogP contribution in [0.4, 0.5) is 4.39 Å². The molecule has 1 aliphatic rings. The molecule has 1 aliphatic heterocycles. The first-order valence-corrected chi connectivity index (χ1v) is 6.33. The van der Waals surface area contributed by atoms with E-state index in [-0.39, 0.29) is 5.82 Å². The highest BCUT2D eigenvalue weighted by Crippen LogP contribution is 2.17. The molecule has 1 heterocycles. The fraction of sp³-hybridized carbons (Fsp3) is 0.500. The van der Waals surface area contributed by atoms with Gasteiger partial charge < -0.3 is 9.80 Å². The van der Waals surface area contributed by atoms with Crippen molar-refractivity contribution in [1.29, 1.82) is 0 Å². The molecule has 0 unspecified atom stereocenters. The minimum atomic E-state index is -0.240. The quantitative estimate of drug-likeness (QED) is 0.762.